The molecule has 0 aliphatic heterocycles. The van der Waals surface area contributed by atoms with Crippen molar-refractivity contribution in [3.63, 3.8) is 0 Å². The van der Waals surface area contributed by atoms with Crippen LogP contribution in [0.5, 0.6) is 0 Å². The Hall–Kier alpha value is -0.640. The summed E-state index contributed by atoms with van der Waals surface area (Å²) in [4.78, 5) is 14.2. The minimum Gasteiger partial charge on any atom is -0.512 e. The van der Waals surface area contributed by atoms with E-state index in [0.717, 1.165) is 19.1 Å². The van der Waals surface area contributed by atoms with Crippen molar-refractivity contribution in [2.75, 3.05) is 0 Å². The third-order valence-corrected chi connectivity index (χ3v) is 3.94. The van der Waals surface area contributed by atoms with Crippen LogP contribution in [-0.4, -0.2) is 20.0 Å². The number of hydrogen-bond donors (Lipinski definition) is 4. The molecule has 0 rings (SSSR count). The maximum atomic E-state index is 9.06. The van der Waals surface area contributed by atoms with E-state index in [-0.39, 0.29) is 5.76 Å². The number of unbranched alkanes of at least 4 members (excludes halogenated alkanes) is 13. The molecule has 0 aliphatic rings. The van der Waals surface area contributed by atoms with Crippen molar-refractivity contribution in [2.45, 2.75) is 103 Å². The number of allylic oxidation sites excluding steroid dienone is 1. The van der Waals surface area contributed by atoms with E-state index in [9.17, 15) is 0 Å². The Bertz CT molecular complexity index is 291. The second-order valence-corrected chi connectivity index (χ2v) is 6.72. The van der Waals surface area contributed by atoms with E-state index in [0.29, 0.717) is 6.42 Å². The fraction of sp³-hybridized carbons (Fsp3) is 0.889. The number of aliphatic hydroxyl groups excluding tert-OH is 2. The van der Waals surface area contributed by atoms with Gasteiger partial charge in [-0.25, -0.2) is 0 Å². The molecular weight excluding hydrogens is 327 g/mol. The first-order chi connectivity index (χ1) is 11.5. The van der Waals surface area contributed by atoms with Gasteiger partial charge in [0.05, 0.1) is 0 Å². The Morgan fingerprint density at radius 2 is 1.04 bits per heavy atom. The highest BCUT2D eigenvalue weighted by Gasteiger charge is 1.96. The Kier molecular flexibility index (Phi) is 23.8. The maximum absolute atomic E-state index is 9.06. The molecule has 0 amide bonds. The fourth-order valence-corrected chi connectivity index (χ4v) is 2.57. The third-order valence-electron chi connectivity index (χ3n) is 3.94. The number of hydrogen-bond acceptors (Lipinski definition) is 3. The lowest BCUT2D eigenvalue weighted by Crippen LogP contribution is -1.85. The van der Waals surface area contributed by atoms with E-state index >= 15 is 0 Å². The van der Waals surface area contributed by atoms with Crippen LogP contribution < -0.4 is 0 Å². The van der Waals surface area contributed by atoms with Crippen molar-refractivity contribution >= 4 is 8.25 Å². The first kappa shape index (κ1) is 25.6. The average Bonchev–Trinajstić information content (AvgIpc) is 2.54. The lowest BCUT2D eigenvalue weighted by molar-refractivity contribution is 0.338. The highest BCUT2D eigenvalue weighted by atomic mass is 31.1. The summed E-state index contributed by atoms with van der Waals surface area (Å²) in [7, 11) is -2.87. The standard InChI is InChI=1S/C18H36O2.HO3P/c1-2-3-4-5-6-7-8-9-10-11-12-13-14-15-16-18(20)17-19;1-4(2)3/h17,19-20H,2-16H2,1H3;(H-,1,2,3)/p+1. The van der Waals surface area contributed by atoms with Gasteiger partial charge in [-0.2, -0.15) is 0 Å². The minimum atomic E-state index is -2.87. The Morgan fingerprint density at radius 3 is 1.33 bits per heavy atom. The summed E-state index contributed by atoms with van der Waals surface area (Å²) in [6.45, 7) is 2.27. The summed E-state index contributed by atoms with van der Waals surface area (Å²) >= 11 is 0. The van der Waals surface area contributed by atoms with Crippen LogP contribution in [0.15, 0.2) is 12.0 Å². The Labute approximate surface area is 148 Å². The van der Waals surface area contributed by atoms with Gasteiger partial charge in [-0.3, -0.25) is 0 Å². The monoisotopic (exact) mass is 365 g/mol. The van der Waals surface area contributed by atoms with Crippen LogP contribution in [0, 0.1) is 0 Å². The molecular formula is C18H38O5P+. The molecule has 0 saturated heterocycles. The quantitative estimate of drug-likeness (QED) is 0.152. The zero-order chi connectivity index (χ0) is 18.5. The van der Waals surface area contributed by atoms with Crippen molar-refractivity contribution in [2.24, 2.45) is 0 Å². The van der Waals surface area contributed by atoms with E-state index in [1.54, 1.807) is 0 Å². The molecule has 0 aromatic rings. The molecule has 0 saturated carbocycles. The lowest BCUT2D eigenvalue weighted by Gasteiger charge is -2.03. The molecule has 24 heavy (non-hydrogen) atoms. The van der Waals surface area contributed by atoms with Gasteiger partial charge in [0.1, 0.15) is 12.0 Å². The normalized spacial score (nSPS) is 11.0. The van der Waals surface area contributed by atoms with Crippen molar-refractivity contribution in [1.82, 2.24) is 0 Å². The zero-order valence-electron chi connectivity index (χ0n) is 15.3. The minimum absolute atomic E-state index is 0.115. The van der Waals surface area contributed by atoms with Gasteiger partial charge in [0.25, 0.3) is 0 Å². The van der Waals surface area contributed by atoms with Gasteiger partial charge in [-0.1, -0.05) is 90.4 Å². The lowest BCUT2D eigenvalue weighted by atomic mass is 10.0. The van der Waals surface area contributed by atoms with E-state index < -0.39 is 8.25 Å². The molecule has 0 unspecified atom stereocenters. The molecule has 0 fully saturated rings. The molecule has 0 aromatic heterocycles. The van der Waals surface area contributed by atoms with Crippen molar-refractivity contribution < 1.29 is 24.6 Å². The summed E-state index contributed by atoms with van der Waals surface area (Å²) in [5, 5.41) is 17.6. The second-order valence-electron chi connectivity index (χ2n) is 6.22. The molecule has 0 aromatic carbocycles. The van der Waals surface area contributed by atoms with E-state index in [1.807, 2.05) is 0 Å². The van der Waals surface area contributed by atoms with Gasteiger partial charge in [0.15, 0.2) is 0 Å². The smallest absolute Gasteiger partial charge is 0.512 e. The summed E-state index contributed by atoms with van der Waals surface area (Å²) in [5.74, 6) is 0.115. The highest BCUT2D eigenvalue weighted by molar-refractivity contribution is 7.30. The maximum Gasteiger partial charge on any atom is 0.692 e. The summed E-state index contributed by atoms with van der Waals surface area (Å²) in [6, 6.07) is 0. The van der Waals surface area contributed by atoms with Gasteiger partial charge in [-0.15, -0.1) is 9.79 Å². The van der Waals surface area contributed by atoms with Crippen LogP contribution in [0.4, 0.5) is 0 Å². The molecule has 0 spiro atoms. The van der Waals surface area contributed by atoms with E-state index in [2.05, 4.69) is 6.92 Å². The topological polar surface area (TPSA) is 98.0 Å². The fourth-order valence-electron chi connectivity index (χ4n) is 2.57. The van der Waals surface area contributed by atoms with Crippen LogP contribution in [-0.2, 0) is 4.57 Å². The van der Waals surface area contributed by atoms with Crippen LogP contribution in [0.25, 0.3) is 0 Å². The van der Waals surface area contributed by atoms with Crippen LogP contribution in [0.3, 0.4) is 0 Å². The molecule has 144 valence electrons. The Morgan fingerprint density at radius 1 is 0.750 bits per heavy atom. The van der Waals surface area contributed by atoms with Crippen molar-refractivity contribution in [3.05, 3.63) is 12.0 Å². The van der Waals surface area contributed by atoms with Gasteiger partial charge in [-0.05, 0) is 6.42 Å². The van der Waals surface area contributed by atoms with Crippen molar-refractivity contribution in [1.29, 1.82) is 0 Å². The summed E-state index contributed by atoms with van der Waals surface area (Å²) in [6.07, 6.45) is 20.2. The zero-order valence-corrected chi connectivity index (χ0v) is 16.2. The SMILES string of the molecule is CCCCCCCCCCCCCCCCC(O)=CO.O=[P+](O)O. The van der Waals surface area contributed by atoms with E-state index in [4.69, 9.17) is 24.6 Å². The predicted molar refractivity (Wildman–Crippen MR) is 100 cm³/mol. The van der Waals surface area contributed by atoms with E-state index in [1.165, 1.54) is 77.0 Å². The van der Waals surface area contributed by atoms with Crippen LogP contribution in [0.1, 0.15) is 103 Å². The van der Waals surface area contributed by atoms with Gasteiger partial charge >= 0.3 is 8.25 Å². The average molecular weight is 365 g/mol. The van der Waals surface area contributed by atoms with Crippen LogP contribution in [0.2, 0.25) is 0 Å². The van der Waals surface area contributed by atoms with Gasteiger partial charge in [0.2, 0.25) is 0 Å². The molecule has 0 atom stereocenters. The number of rotatable bonds is 15. The largest absolute Gasteiger partial charge is 0.692 e. The molecule has 0 bridgehead atoms. The van der Waals surface area contributed by atoms with Gasteiger partial charge in [0, 0.05) is 11.0 Å². The summed E-state index contributed by atoms with van der Waals surface area (Å²) < 4.78 is 8.70. The summed E-state index contributed by atoms with van der Waals surface area (Å²) in [5.41, 5.74) is 0. The van der Waals surface area contributed by atoms with Crippen LogP contribution >= 0.6 is 8.25 Å². The molecule has 4 N–H and O–H groups in total. The first-order valence-electron chi connectivity index (χ1n) is 9.41. The predicted octanol–water partition coefficient (Wildman–Crippen LogP) is 6.44. The molecule has 5 nitrogen and oxygen atoms in total. The van der Waals surface area contributed by atoms with Crippen molar-refractivity contribution in [3.8, 4) is 0 Å². The van der Waals surface area contributed by atoms with Gasteiger partial charge < -0.3 is 10.2 Å². The molecule has 0 radical (unpaired) electrons. The molecule has 0 aliphatic carbocycles. The highest BCUT2D eigenvalue weighted by Crippen LogP contribution is 2.14. The first-order valence-corrected chi connectivity index (χ1v) is 10.6. The third kappa shape index (κ3) is 29.4. The second kappa shape index (κ2) is 22.4. The molecule has 6 heteroatoms. The Balaban J connectivity index is 0. The molecule has 0 heterocycles. The number of aliphatic hydroxyl groups is 2.